The molecule has 0 aromatic heterocycles. The number of rotatable bonds is 5. The third kappa shape index (κ3) is 3.95. The highest BCUT2D eigenvalue weighted by molar-refractivity contribution is 8.18. The number of nitrogens with zero attached hydrogens (tertiary/aromatic N) is 1. The van der Waals surface area contributed by atoms with E-state index in [1.54, 1.807) is 36.4 Å². The number of para-hydroxylation sites is 1. The first-order valence-electron chi connectivity index (χ1n) is 7.73. The number of carbonyl (C=O) groups is 2. The number of carbonyl (C=O) groups excluding carboxylic acids is 2. The van der Waals surface area contributed by atoms with Gasteiger partial charge in [0, 0.05) is 5.56 Å². The number of imide groups is 1. The number of benzene rings is 2. The minimum Gasteiger partial charge on any atom is -0.488 e. The van der Waals surface area contributed by atoms with Gasteiger partial charge < -0.3 is 4.74 Å². The second-order valence-electron chi connectivity index (χ2n) is 5.42. The minimum absolute atomic E-state index is 0.0509. The van der Waals surface area contributed by atoms with Crippen molar-refractivity contribution >= 4 is 29.0 Å². The lowest BCUT2D eigenvalue weighted by Gasteiger charge is -2.10. The van der Waals surface area contributed by atoms with Crippen molar-refractivity contribution in [2.45, 2.75) is 6.61 Å². The van der Waals surface area contributed by atoms with Crippen LogP contribution >= 0.6 is 11.8 Å². The highest BCUT2D eigenvalue weighted by Crippen LogP contribution is 2.33. The fourth-order valence-electron chi connectivity index (χ4n) is 2.34. The van der Waals surface area contributed by atoms with Crippen LogP contribution in [0, 0.1) is 18.2 Å². The molecule has 0 saturated carbocycles. The lowest BCUT2D eigenvalue weighted by Crippen LogP contribution is -2.28. The van der Waals surface area contributed by atoms with Crippen LogP contribution in [-0.2, 0) is 11.4 Å². The summed E-state index contributed by atoms with van der Waals surface area (Å²) in [5, 5.41) is -0.385. The highest BCUT2D eigenvalue weighted by atomic mass is 32.2. The molecule has 2 aromatic rings. The van der Waals surface area contributed by atoms with E-state index in [1.165, 1.54) is 12.1 Å². The predicted octanol–water partition coefficient (Wildman–Crippen LogP) is 4.07. The number of terminal acetylenes is 1. The molecule has 3 rings (SSSR count). The normalized spacial score (nSPS) is 15.4. The number of thioether (sulfide) groups is 1. The zero-order chi connectivity index (χ0) is 18.5. The van der Waals surface area contributed by atoms with E-state index in [0.29, 0.717) is 16.2 Å². The Hall–Kier alpha value is -3.04. The Morgan fingerprint density at radius 1 is 1.15 bits per heavy atom. The Bertz CT molecular complexity index is 915. The van der Waals surface area contributed by atoms with E-state index in [2.05, 4.69) is 5.92 Å². The summed E-state index contributed by atoms with van der Waals surface area (Å²) in [4.78, 5) is 25.5. The largest absolute Gasteiger partial charge is 0.488 e. The first-order chi connectivity index (χ1) is 12.6. The maximum absolute atomic E-state index is 13.0. The third-order valence-corrected chi connectivity index (χ3v) is 4.54. The fraction of sp³-hybridized carbons (Fsp3) is 0.100. The number of ether oxygens (including phenoxy) is 1. The average molecular weight is 367 g/mol. The van der Waals surface area contributed by atoms with Gasteiger partial charge in [-0.05, 0) is 41.6 Å². The van der Waals surface area contributed by atoms with Crippen molar-refractivity contribution in [3.63, 3.8) is 0 Å². The van der Waals surface area contributed by atoms with Gasteiger partial charge in [-0.25, -0.2) is 4.39 Å². The molecule has 1 saturated heterocycles. The Balaban J connectivity index is 1.79. The van der Waals surface area contributed by atoms with E-state index < -0.39 is 5.91 Å². The second-order valence-corrected chi connectivity index (χ2v) is 6.42. The molecule has 6 heteroatoms. The molecule has 0 radical (unpaired) electrons. The number of halogens is 1. The number of hydrogen-bond donors (Lipinski definition) is 0. The molecule has 2 amide bonds. The standard InChI is InChI=1S/C20H14FNO3S/c1-2-11-22-19(23)18(26-20(22)24)12-15-5-3-4-6-17(15)25-13-14-7-9-16(21)10-8-14/h1,3-10,12H,11,13H2. The third-order valence-electron chi connectivity index (χ3n) is 3.64. The molecular formula is C20H14FNO3S. The van der Waals surface area contributed by atoms with Crippen molar-refractivity contribution in [2.24, 2.45) is 0 Å². The smallest absolute Gasteiger partial charge is 0.294 e. The number of amides is 2. The molecule has 0 aliphatic carbocycles. The Morgan fingerprint density at radius 2 is 1.88 bits per heavy atom. The van der Waals surface area contributed by atoms with Crippen LogP contribution in [0.1, 0.15) is 11.1 Å². The van der Waals surface area contributed by atoms with Crippen LogP contribution in [-0.4, -0.2) is 22.6 Å². The summed E-state index contributed by atoms with van der Waals surface area (Å²) >= 11 is 0.847. The average Bonchev–Trinajstić information content (AvgIpc) is 2.90. The van der Waals surface area contributed by atoms with Gasteiger partial charge in [0.1, 0.15) is 18.2 Å². The van der Waals surface area contributed by atoms with E-state index in [1.807, 2.05) is 6.07 Å². The van der Waals surface area contributed by atoms with Crippen LogP contribution in [0.4, 0.5) is 9.18 Å². The summed E-state index contributed by atoms with van der Waals surface area (Å²) in [5.41, 5.74) is 1.48. The fourth-order valence-corrected chi connectivity index (χ4v) is 3.17. The second kappa shape index (κ2) is 7.89. The molecule has 1 aliphatic rings. The van der Waals surface area contributed by atoms with Gasteiger partial charge in [-0.1, -0.05) is 36.3 Å². The molecule has 1 heterocycles. The quantitative estimate of drug-likeness (QED) is 0.590. The molecule has 1 aliphatic heterocycles. The summed E-state index contributed by atoms with van der Waals surface area (Å²) in [5.74, 6) is 2.14. The summed E-state index contributed by atoms with van der Waals surface area (Å²) in [7, 11) is 0. The Morgan fingerprint density at radius 3 is 2.62 bits per heavy atom. The topological polar surface area (TPSA) is 46.6 Å². The van der Waals surface area contributed by atoms with Crippen molar-refractivity contribution in [1.82, 2.24) is 4.90 Å². The van der Waals surface area contributed by atoms with Crippen LogP contribution in [0.5, 0.6) is 5.75 Å². The van der Waals surface area contributed by atoms with Crippen LogP contribution in [0.3, 0.4) is 0 Å². The summed E-state index contributed by atoms with van der Waals surface area (Å²) in [6.07, 6.45) is 6.80. The van der Waals surface area contributed by atoms with Crippen molar-refractivity contribution in [2.75, 3.05) is 6.54 Å². The first-order valence-corrected chi connectivity index (χ1v) is 8.55. The van der Waals surface area contributed by atoms with Gasteiger partial charge >= 0.3 is 0 Å². The molecule has 130 valence electrons. The SMILES string of the molecule is C#CCN1C(=O)SC(=Cc2ccccc2OCc2ccc(F)cc2)C1=O. The maximum Gasteiger partial charge on any atom is 0.294 e. The van der Waals surface area contributed by atoms with Gasteiger partial charge in [-0.3, -0.25) is 14.5 Å². The zero-order valence-electron chi connectivity index (χ0n) is 13.6. The van der Waals surface area contributed by atoms with Crippen LogP contribution in [0.25, 0.3) is 6.08 Å². The van der Waals surface area contributed by atoms with E-state index in [-0.39, 0.29) is 24.2 Å². The number of hydrogen-bond acceptors (Lipinski definition) is 4. The van der Waals surface area contributed by atoms with E-state index in [0.717, 1.165) is 22.2 Å². The van der Waals surface area contributed by atoms with Crippen molar-refractivity contribution in [3.05, 3.63) is 70.4 Å². The molecule has 4 nitrogen and oxygen atoms in total. The van der Waals surface area contributed by atoms with Crippen LogP contribution < -0.4 is 4.74 Å². The van der Waals surface area contributed by atoms with E-state index in [9.17, 15) is 14.0 Å². The van der Waals surface area contributed by atoms with Gasteiger partial charge in [0.2, 0.25) is 0 Å². The van der Waals surface area contributed by atoms with Gasteiger partial charge in [0.05, 0.1) is 11.4 Å². The summed E-state index contributed by atoms with van der Waals surface area (Å²) < 4.78 is 18.8. The van der Waals surface area contributed by atoms with Gasteiger partial charge in [0.25, 0.3) is 11.1 Å². The van der Waals surface area contributed by atoms with Crippen LogP contribution in [0.15, 0.2) is 53.4 Å². The van der Waals surface area contributed by atoms with Crippen LogP contribution in [0.2, 0.25) is 0 Å². The lowest BCUT2D eigenvalue weighted by molar-refractivity contribution is -0.122. The van der Waals surface area contributed by atoms with Gasteiger partial charge in [0.15, 0.2) is 0 Å². The maximum atomic E-state index is 13.0. The van der Waals surface area contributed by atoms with E-state index >= 15 is 0 Å². The molecule has 0 N–H and O–H groups in total. The molecule has 2 aromatic carbocycles. The predicted molar refractivity (Wildman–Crippen MR) is 98.7 cm³/mol. The Kier molecular flexibility index (Phi) is 5.40. The van der Waals surface area contributed by atoms with Gasteiger partial charge in [-0.15, -0.1) is 6.42 Å². The molecule has 26 heavy (non-hydrogen) atoms. The Labute approximate surface area is 154 Å². The molecule has 0 bridgehead atoms. The first kappa shape index (κ1) is 17.8. The molecule has 1 fully saturated rings. The molecule has 0 spiro atoms. The van der Waals surface area contributed by atoms with Gasteiger partial charge in [-0.2, -0.15) is 0 Å². The molecule has 0 atom stereocenters. The monoisotopic (exact) mass is 367 g/mol. The van der Waals surface area contributed by atoms with Crippen molar-refractivity contribution < 1.29 is 18.7 Å². The summed E-state index contributed by atoms with van der Waals surface area (Å²) in [6, 6.07) is 13.2. The lowest BCUT2D eigenvalue weighted by atomic mass is 10.1. The van der Waals surface area contributed by atoms with Crippen molar-refractivity contribution in [1.29, 1.82) is 0 Å². The highest BCUT2D eigenvalue weighted by Gasteiger charge is 2.34. The summed E-state index contributed by atoms with van der Waals surface area (Å²) in [6.45, 7) is 0.203. The molecular weight excluding hydrogens is 353 g/mol. The zero-order valence-corrected chi connectivity index (χ0v) is 14.5. The van der Waals surface area contributed by atoms with E-state index in [4.69, 9.17) is 11.2 Å². The minimum atomic E-state index is -0.411. The van der Waals surface area contributed by atoms with Crippen molar-refractivity contribution in [3.8, 4) is 18.1 Å². The molecule has 0 unspecified atom stereocenters.